The second-order valence-corrected chi connectivity index (χ2v) is 5.46. The standard InChI is InChI=1S/C16H20FNO4/c17-13-3-1-2-4-14(13)22-10-9-18-15(19)11-5-7-12(8-6-11)16(20)21/h1-4,11-12H,5-10H2,(H,18,19)(H,20,21). The first-order chi connectivity index (χ1) is 10.6. The molecule has 1 aliphatic carbocycles. The van der Waals surface area contributed by atoms with Gasteiger partial charge in [-0.1, -0.05) is 12.1 Å². The highest BCUT2D eigenvalue weighted by Crippen LogP contribution is 2.28. The number of aliphatic carboxylic acids is 1. The topological polar surface area (TPSA) is 75.6 Å². The van der Waals surface area contributed by atoms with Crippen molar-refractivity contribution < 1.29 is 23.8 Å². The number of carboxylic acids is 1. The molecule has 5 nitrogen and oxygen atoms in total. The lowest BCUT2D eigenvalue weighted by Gasteiger charge is -2.25. The van der Waals surface area contributed by atoms with Crippen LogP contribution in [0.25, 0.3) is 0 Å². The number of halogens is 1. The maximum Gasteiger partial charge on any atom is 0.306 e. The number of carboxylic acid groups (broad SMARTS) is 1. The molecule has 0 bridgehead atoms. The van der Waals surface area contributed by atoms with Crippen LogP contribution in [0.3, 0.4) is 0 Å². The predicted molar refractivity (Wildman–Crippen MR) is 78.0 cm³/mol. The number of rotatable bonds is 6. The average Bonchev–Trinajstić information content (AvgIpc) is 2.53. The number of hydrogen-bond acceptors (Lipinski definition) is 3. The maximum absolute atomic E-state index is 13.3. The van der Waals surface area contributed by atoms with E-state index in [-0.39, 0.29) is 30.1 Å². The molecule has 0 aromatic heterocycles. The van der Waals surface area contributed by atoms with Gasteiger partial charge in [0.1, 0.15) is 6.61 Å². The highest BCUT2D eigenvalue weighted by Gasteiger charge is 2.29. The lowest BCUT2D eigenvalue weighted by Crippen LogP contribution is -2.36. The molecule has 6 heteroatoms. The monoisotopic (exact) mass is 309 g/mol. The van der Waals surface area contributed by atoms with Gasteiger partial charge in [0.25, 0.3) is 0 Å². The van der Waals surface area contributed by atoms with E-state index in [1.807, 2.05) is 0 Å². The van der Waals surface area contributed by atoms with Gasteiger partial charge in [-0.2, -0.15) is 0 Å². The van der Waals surface area contributed by atoms with Crippen molar-refractivity contribution in [1.82, 2.24) is 5.32 Å². The van der Waals surface area contributed by atoms with Crippen molar-refractivity contribution in [3.05, 3.63) is 30.1 Å². The zero-order valence-corrected chi connectivity index (χ0v) is 12.3. The zero-order chi connectivity index (χ0) is 15.9. The van der Waals surface area contributed by atoms with Gasteiger partial charge >= 0.3 is 5.97 Å². The number of amides is 1. The second kappa shape index (κ2) is 7.77. The van der Waals surface area contributed by atoms with Crippen molar-refractivity contribution in [2.45, 2.75) is 25.7 Å². The third kappa shape index (κ3) is 4.44. The molecule has 0 saturated heterocycles. The Morgan fingerprint density at radius 1 is 1.18 bits per heavy atom. The summed E-state index contributed by atoms with van der Waals surface area (Å²) in [6.45, 7) is 0.489. The molecule has 2 rings (SSSR count). The molecule has 1 aromatic rings. The number of hydrogen-bond donors (Lipinski definition) is 2. The van der Waals surface area contributed by atoms with Crippen LogP contribution in [0.15, 0.2) is 24.3 Å². The summed E-state index contributed by atoms with van der Waals surface area (Å²) in [7, 11) is 0. The van der Waals surface area contributed by atoms with Gasteiger partial charge < -0.3 is 15.2 Å². The fourth-order valence-electron chi connectivity index (χ4n) is 2.64. The fraction of sp³-hybridized carbons (Fsp3) is 0.500. The molecule has 0 unspecified atom stereocenters. The molecular formula is C16H20FNO4. The van der Waals surface area contributed by atoms with Gasteiger partial charge in [-0.3, -0.25) is 9.59 Å². The van der Waals surface area contributed by atoms with E-state index in [1.165, 1.54) is 12.1 Å². The van der Waals surface area contributed by atoms with E-state index < -0.39 is 11.8 Å². The molecule has 0 radical (unpaired) electrons. The summed E-state index contributed by atoms with van der Waals surface area (Å²) in [5, 5.41) is 11.7. The van der Waals surface area contributed by atoms with Crippen molar-refractivity contribution in [3.8, 4) is 5.75 Å². The third-order valence-corrected chi connectivity index (χ3v) is 3.94. The summed E-state index contributed by atoms with van der Waals surface area (Å²) in [4.78, 5) is 22.8. The van der Waals surface area contributed by atoms with E-state index in [2.05, 4.69) is 5.32 Å². The second-order valence-electron chi connectivity index (χ2n) is 5.46. The molecule has 0 atom stereocenters. The Hall–Kier alpha value is -2.11. The number of nitrogens with one attached hydrogen (secondary N) is 1. The molecule has 120 valence electrons. The van der Waals surface area contributed by atoms with Crippen LogP contribution in [0.2, 0.25) is 0 Å². The largest absolute Gasteiger partial charge is 0.489 e. The zero-order valence-electron chi connectivity index (χ0n) is 12.3. The van der Waals surface area contributed by atoms with E-state index in [0.717, 1.165) is 0 Å². The van der Waals surface area contributed by atoms with E-state index in [9.17, 15) is 14.0 Å². The Labute approximate surface area is 128 Å². The van der Waals surface area contributed by atoms with Crippen LogP contribution in [0, 0.1) is 17.7 Å². The predicted octanol–water partition coefficient (Wildman–Crippen LogP) is 2.21. The Kier molecular flexibility index (Phi) is 5.75. The lowest BCUT2D eigenvalue weighted by molar-refractivity contribution is -0.144. The van der Waals surface area contributed by atoms with Crippen LogP contribution < -0.4 is 10.1 Å². The average molecular weight is 309 g/mol. The molecule has 1 aromatic carbocycles. The Morgan fingerprint density at radius 3 is 2.45 bits per heavy atom. The van der Waals surface area contributed by atoms with Crippen LogP contribution in [-0.4, -0.2) is 30.1 Å². The van der Waals surface area contributed by atoms with Crippen LogP contribution in [0.4, 0.5) is 4.39 Å². The lowest BCUT2D eigenvalue weighted by atomic mass is 9.81. The van der Waals surface area contributed by atoms with E-state index in [4.69, 9.17) is 9.84 Å². The molecule has 1 fully saturated rings. The molecule has 1 aliphatic rings. The third-order valence-electron chi connectivity index (χ3n) is 3.94. The highest BCUT2D eigenvalue weighted by atomic mass is 19.1. The van der Waals surface area contributed by atoms with Crippen molar-refractivity contribution in [2.24, 2.45) is 11.8 Å². The van der Waals surface area contributed by atoms with E-state index >= 15 is 0 Å². The molecular weight excluding hydrogens is 289 g/mol. The van der Waals surface area contributed by atoms with Gasteiger partial charge in [0.2, 0.25) is 5.91 Å². The fourth-order valence-corrected chi connectivity index (χ4v) is 2.64. The summed E-state index contributed by atoms with van der Waals surface area (Å²) in [5.74, 6) is -1.59. The first kappa shape index (κ1) is 16.3. The van der Waals surface area contributed by atoms with Gasteiger partial charge in [-0.05, 0) is 37.8 Å². The summed E-state index contributed by atoms with van der Waals surface area (Å²) in [6, 6.07) is 6.11. The molecule has 1 saturated carbocycles. The number of carbonyl (C=O) groups excluding carboxylic acids is 1. The molecule has 0 aliphatic heterocycles. The molecule has 0 heterocycles. The number of carbonyl (C=O) groups is 2. The van der Waals surface area contributed by atoms with Crippen molar-refractivity contribution in [2.75, 3.05) is 13.2 Å². The van der Waals surface area contributed by atoms with Crippen molar-refractivity contribution >= 4 is 11.9 Å². The van der Waals surface area contributed by atoms with Crippen molar-refractivity contribution in [3.63, 3.8) is 0 Å². The van der Waals surface area contributed by atoms with Crippen LogP contribution in [0.1, 0.15) is 25.7 Å². The smallest absolute Gasteiger partial charge is 0.306 e. The van der Waals surface area contributed by atoms with Gasteiger partial charge in [0.05, 0.1) is 12.5 Å². The minimum absolute atomic E-state index is 0.0824. The Bertz CT molecular complexity index is 527. The first-order valence-corrected chi connectivity index (χ1v) is 7.45. The molecule has 22 heavy (non-hydrogen) atoms. The SMILES string of the molecule is O=C(O)C1CCC(C(=O)NCCOc2ccccc2F)CC1. The van der Waals surface area contributed by atoms with Crippen LogP contribution >= 0.6 is 0 Å². The van der Waals surface area contributed by atoms with Gasteiger partial charge in [-0.15, -0.1) is 0 Å². The van der Waals surface area contributed by atoms with Crippen LogP contribution in [-0.2, 0) is 9.59 Å². The minimum Gasteiger partial charge on any atom is -0.489 e. The number of para-hydroxylation sites is 1. The van der Waals surface area contributed by atoms with E-state index in [1.54, 1.807) is 12.1 Å². The molecule has 1 amide bonds. The van der Waals surface area contributed by atoms with Crippen LogP contribution in [0.5, 0.6) is 5.75 Å². The molecule has 0 spiro atoms. The Morgan fingerprint density at radius 2 is 1.82 bits per heavy atom. The summed E-state index contributed by atoms with van der Waals surface area (Å²) in [6.07, 6.45) is 2.27. The summed E-state index contributed by atoms with van der Waals surface area (Å²) < 4.78 is 18.6. The van der Waals surface area contributed by atoms with Gasteiger partial charge in [0.15, 0.2) is 11.6 Å². The van der Waals surface area contributed by atoms with Gasteiger partial charge in [-0.25, -0.2) is 4.39 Å². The quantitative estimate of drug-likeness (QED) is 0.790. The van der Waals surface area contributed by atoms with E-state index in [0.29, 0.717) is 32.2 Å². The Balaban J connectivity index is 1.66. The minimum atomic E-state index is -0.780. The highest BCUT2D eigenvalue weighted by molar-refractivity contribution is 5.79. The number of benzene rings is 1. The first-order valence-electron chi connectivity index (χ1n) is 7.45. The normalized spacial score (nSPS) is 21.1. The van der Waals surface area contributed by atoms with Gasteiger partial charge in [0, 0.05) is 5.92 Å². The number of ether oxygens (including phenoxy) is 1. The maximum atomic E-state index is 13.3. The summed E-state index contributed by atoms with van der Waals surface area (Å²) in [5.41, 5.74) is 0. The molecule has 2 N–H and O–H groups in total. The van der Waals surface area contributed by atoms with Crippen molar-refractivity contribution in [1.29, 1.82) is 0 Å². The summed E-state index contributed by atoms with van der Waals surface area (Å²) >= 11 is 0.